The zero-order valence-corrected chi connectivity index (χ0v) is 18.5. The fourth-order valence-electron chi connectivity index (χ4n) is 2.77. The molecule has 0 spiro atoms. The minimum Gasteiger partial charge on any atom is -0.477 e. The van der Waals surface area contributed by atoms with Crippen LogP contribution < -0.4 is 9.61 Å². The number of ether oxygens (including phenoxy) is 1. The number of hydrogen-bond donors (Lipinski definition) is 2. The van der Waals surface area contributed by atoms with E-state index in [1.165, 1.54) is 11.3 Å². The number of hydrogen-bond acceptors (Lipinski definition) is 6. The molecule has 0 amide bonds. The molecule has 2 atom stereocenters. The fraction of sp³-hybridized carbons (Fsp3) is 0.273. The Balaban J connectivity index is 1.77. The van der Waals surface area contributed by atoms with Gasteiger partial charge in [-0.1, -0.05) is 31.2 Å². The van der Waals surface area contributed by atoms with Gasteiger partial charge < -0.3 is 14.4 Å². The molecule has 3 rings (SSSR count). The molecule has 0 saturated heterocycles. The topological polar surface area (TPSA) is 84.9 Å². The lowest BCUT2D eigenvalue weighted by molar-refractivity contribution is -0.145. The number of carbonyl (C=O) groups is 2. The maximum Gasteiger partial charge on any atom is 0.345 e. The molecule has 0 bridgehead atoms. The number of thiophene rings is 1. The summed E-state index contributed by atoms with van der Waals surface area (Å²) in [6, 6.07) is 16.5. The van der Waals surface area contributed by atoms with Gasteiger partial charge in [-0.05, 0) is 54.6 Å². The summed E-state index contributed by atoms with van der Waals surface area (Å²) in [6.07, 6.45) is 1.33. The Morgan fingerprint density at radius 2 is 1.93 bits per heavy atom. The molecular weight excluding hydrogens is 421 g/mol. The highest BCUT2D eigenvalue weighted by atomic mass is 32.1. The van der Waals surface area contributed by atoms with Gasteiger partial charge in [-0.25, -0.2) is 4.79 Å². The van der Waals surface area contributed by atoms with Gasteiger partial charge in [0.2, 0.25) is 0 Å². The van der Waals surface area contributed by atoms with Gasteiger partial charge in [-0.2, -0.15) is 0 Å². The molecule has 0 aliphatic carbocycles. The summed E-state index contributed by atoms with van der Waals surface area (Å²) in [7, 11) is -1.22. The van der Waals surface area contributed by atoms with Crippen molar-refractivity contribution in [3.8, 4) is 5.75 Å². The molecule has 0 aliphatic heterocycles. The summed E-state index contributed by atoms with van der Waals surface area (Å²) in [5.74, 6) is -0.510. The van der Waals surface area contributed by atoms with Crippen LogP contribution in [-0.2, 0) is 15.7 Å². The predicted octanol–water partition coefficient (Wildman–Crippen LogP) is 5.42. The molecule has 0 aliphatic rings. The van der Waals surface area contributed by atoms with Gasteiger partial charge in [-0.3, -0.25) is 9.88 Å². The van der Waals surface area contributed by atoms with Crippen LogP contribution in [0.4, 0.5) is 0 Å². The van der Waals surface area contributed by atoms with Crippen LogP contribution >= 0.6 is 19.6 Å². The fourth-order valence-corrected chi connectivity index (χ4v) is 5.30. The lowest BCUT2D eigenvalue weighted by atomic mass is 10.2. The van der Waals surface area contributed by atoms with Crippen molar-refractivity contribution in [3.05, 3.63) is 65.0 Å². The first-order valence-corrected chi connectivity index (χ1v) is 11.9. The van der Waals surface area contributed by atoms with E-state index in [0.717, 1.165) is 27.8 Å². The lowest BCUT2D eigenvalue weighted by Crippen LogP contribution is -2.33. The number of carbonyl (C=O) groups excluding carboxylic acids is 1. The maximum absolute atomic E-state index is 12.2. The van der Waals surface area contributed by atoms with Gasteiger partial charge in [0.1, 0.15) is 16.7 Å². The number of nitrogens with one attached hydrogen (secondary N) is 1. The van der Waals surface area contributed by atoms with Crippen LogP contribution in [0.25, 0.3) is 10.1 Å². The highest BCUT2D eigenvalue weighted by molar-refractivity contribution is 7.50. The Morgan fingerprint density at radius 3 is 2.63 bits per heavy atom. The molecular formula is C22H24NO5PS. The van der Waals surface area contributed by atoms with Crippen molar-refractivity contribution in [1.82, 2.24) is 5.09 Å². The van der Waals surface area contributed by atoms with E-state index in [0.29, 0.717) is 17.6 Å². The van der Waals surface area contributed by atoms with E-state index in [4.69, 9.17) is 9.26 Å². The van der Waals surface area contributed by atoms with Crippen LogP contribution in [0.15, 0.2) is 54.6 Å². The normalized spacial score (nSPS) is 13.0. The van der Waals surface area contributed by atoms with E-state index < -0.39 is 20.3 Å². The van der Waals surface area contributed by atoms with Crippen LogP contribution in [0.5, 0.6) is 5.75 Å². The maximum atomic E-state index is 12.2. The molecule has 3 aromatic rings. The second kappa shape index (κ2) is 10.5. The van der Waals surface area contributed by atoms with E-state index in [1.54, 1.807) is 13.0 Å². The molecule has 8 heteroatoms. The molecule has 0 saturated carbocycles. The van der Waals surface area contributed by atoms with Gasteiger partial charge >= 0.3 is 11.9 Å². The number of carboxylic acids is 1. The highest BCUT2D eigenvalue weighted by Crippen LogP contribution is 2.39. The largest absolute Gasteiger partial charge is 0.477 e. The van der Waals surface area contributed by atoms with Crippen molar-refractivity contribution in [2.45, 2.75) is 32.5 Å². The molecule has 1 aromatic heterocycles. The van der Waals surface area contributed by atoms with E-state index >= 15 is 0 Å². The number of aromatic carboxylic acids is 1. The van der Waals surface area contributed by atoms with Gasteiger partial charge in [0, 0.05) is 10.9 Å². The summed E-state index contributed by atoms with van der Waals surface area (Å²) < 4.78 is 12.3. The van der Waals surface area contributed by atoms with E-state index in [-0.39, 0.29) is 5.97 Å². The molecule has 0 radical (unpaired) electrons. The second-order valence-corrected chi connectivity index (χ2v) is 9.34. The predicted molar refractivity (Wildman–Crippen MR) is 120 cm³/mol. The van der Waals surface area contributed by atoms with Crippen LogP contribution in [0, 0.1) is 0 Å². The first-order chi connectivity index (χ1) is 14.5. The number of fused-ring (bicyclic) bond motifs is 1. The summed E-state index contributed by atoms with van der Waals surface area (Å²) in [5, 5.41) is 13.4. The third-order valence-corrected chi connectivity index (χ3v) is 7.08. The Bertz CT molecular complexity index is 1010. The average molecular weight is 445 g/mol. The summed E-state index contributed by atoms with van der Waals surface area (Å²) in [4.78, 5) is 23.8. The average Bonchev–Trinajstić information content (AvgIpc) is 3.16. The number of benzene rings is 2. The minimum absolute atomic E-state index is 0.305. The second-order valence-electron chi connectivity index (χ2n) is 6.75. The number of carboxylic acid groups (broad SMARTS) is 1. The lowest BCUT2D eigenvalue weighted by Gasteiger charge is -2.23. The summed E-state index contributed by atoms with van der Waals surface area (Å²) >= 11 is 1.26. The van der Waals surface area contributed by atoms with Crippen molar-refractivity contribution >= 4 is 41.7 Å². The molecule has 30 heavy (non-hydrogen) atoms. The molecule has 6 nitrogen and oxygen atoms in total. The van der Waals surface area contributed by atoms with Crippen LogP contribution in [0.2, 0.25) is 0 Å². The molecule has 1 heterocycles. The molecule has 2 aromatic carbocycles. The third kappa shape index (κ3) is 6.02. The quantitative estimate of drug-likeness (QED) is 0.320. The number of rotatable bonds is 10. The van der Waals surface area contributed by atoms with Crippen LogP contribution in [-0.4, -0.2) is 29.7 Å². The minimum atomic E-state index is -1.22. The first kappa shape index (κ1) is 22.2. The molecule has 0 fully saturated rings. The van der Waals surface area contributed by atoms with Gasteiger partial charge in [-0.15, -0.1) is 11.3 Å². The summed E-state index contributed by atoms with van der Waals surface area (Å²) in [5.41, 5.74) is 1.00. The Hall–Kier alpha value is -2.47. The first-order valence-electron chi connectivity index (χ1n) is 9.65. The molecule has 2 unspecified atom stereocenters. The van der Waals surface area contributed by atoms with Gasteiger partial charge in [0.25, 0.3) is 0 Å². The summed E-state index contributed by atoms with van der Waals surface area (Å²) in [6.45, 7) is 4.11. The van der Waals surface area contributed by atoms with E-state index in [1.807, 2.05) is 55.5 Å². The smallest absolute Gasteiger partial charge is 0.345 e. The Morgan fingerprint density at radius 1 is 1.17 bits per heavy atom. The molecule has 2 N–H and O–H groups in total. The number of esters is 1. The Labute approximate surface area is 180 Å². The van der Waals surface area contributed by atoms with Crippen molar-refractivity contribution in [1.29, 1.82) is 0 Å². The van der Waals surface area contributed by atoms with Crippen molar-refractivity contribution < 1.29 is 24.0 Å². The zero-order valence-electron chi connectivity index (χ0n) is 16.8. The monoisotopic (exact) mass is 445 g/mol. The Kier molecular flexibility index (Phi) is 7.80. The SMILES string of the molecule is CCCOC(=O)C(C)NP(Cc1ccc2sc(C(=O)O)cc2c1)Oc1ccccc1. The van der Waals surface area contributed by atoms with E-state index in [9.17, 15) is 14.7 Å². The van der Waals surface area contributed by atoms with Gasteiger partial charge in [0.05, 0.1) is 6.61 Å². The van der Waals surface area contributed by atoms with Crippen LogP contribution in [0.3, 0.4) is 0 Å². The van der Waals surface area contributed by atoms with Crippen LogP contribution in [0.1, 0.15) is 35.5 Å². The molecule has 158 valence electrons. The third-order valence-electron chi connectivity index (χ3n) is 4.22. The highest BCUT2D eigenvalue weighted by Gasteiger charge is 2.22. The van der Waals surface area contributed by atoms with Crippen molar-refractivity contribution in [2.24, 2.45) is 0 Å². The zero-order chi connectivity index (χ0) is 21.5. The van der Waals surface area contributed by atoms with Crippen molar-refractivity contribution in [3.63, 3.8) is 0 Å². The van der Waals surface area contributed by atoms with Gasteiger partial charge in [0.15, 0.2) is 8.30 Å². The standard InChI is InChI=1S/C22H24NO5PS/c1-3-11-27-22(26)15(2)23-29(28-18-7-5-4-6-8-18)14-16-9-10-19-17(12-16)13-20(30-19)21(24)25/h4-10,12-13,15,23H,3,11,14H2,1-2H3,(H,24,25). The number of para-hydroxylation sites is 1. The van der Waals surface area contributed by atoms with Crippen molar-refractivity contribution in [2.75, 3.05) is 6.61 Å². The van der Waals surface area contributed by atoms with E-state index in [2.05, 4.69) is 5.09 Å².